The van der Waals surface area contributed by atoms with Crippen LogP contribution in [0.3, 0.4) is 0 Å². The molecule has 1 fully saturated rings. The standard InChI is InChI=1S/C22H27NO4/c1-2-26-20(24)16-18-8-10-22(11-9-18)12-14-23(15-13-22)21(25)27-17-19-6-4-3-5-7-19/h3-8,10,16H,2,9,11-15,17H2,1H3. The number of nitrogens with zero attached hydrogens (tertiary/aromatic N) is 1. The fraction of sp³-hybridized carbons (Fsp3) is 0.455. The van der Waals surface area contributed by atoms with Crippen LogP contribution in [0.15, 0.2) is 54.1 Å². The average molecular weight is 369 g/mol. The summed E-state index contributed by atoms with van der Waals surface area (Å²) in [7, 11) is 0. The van der Waals surface area contributed by atoms with Crippen molar-refractivity contribution in [1.29, 1.82) is 0 Å². The third-order valence-electron chi connectivity index (χ3n) is 5.37. The molecular weight excluding hydrogens is 342 g/mol. The van der Waals surface area contributed by atoms with E-state index in [4.69, 9.17) is 9.47 Å². The number of carbonyl (C=O) groups is 2. The maximum Gasteiger partial charge on any atom is 0.410 e. The van der Waals surface area contributed by atoms with Gasteiger partial charge >= 0.3 is 12.1 Å². The number of likely N-dealkylation sites (tertiary alicyclic amines) is 1. The topological polar surface area (TPSA) is 55.8 Å². The molecular formula is C22H27NO4. The summed E-state index contributed by atoms with van der Waals surface area (Å²) in [5.74, 6) is -0.274. The summed E-state index contributed by atoms with van der Waals surface area (Å²) in [4.78, 5) is 25.7. The average Bonchev–Trinajstić information content (AvgIpc) is 2.70. The summed E-state index contributed by atoms with van der Waals surface area (Å²) in [6, 6.07) is 9.72. The first-order valence-corrected chi connectivity index (χ1v) is 9.62. The van der Waals surface area contributed by atoms with Crippen LogP contribution in [0.4, 0.5) is 4.79 Å². The van der Waals surface area contributed by atoms with Crippen molar-refractivity contribution in [1.82, 2.24) is 4.90 Å². The predicted octanol–water partition coefficient (Wildman–Crippen LogP) is 4.24. The Bertz CT molecular complexity index is 715. The predicted molar refractivity (Wildman–Crippen MR) is 103 cm³/mol. The van der Waals surface area contributed by atoms with E-state index in [2.05, 4.69) is 6.08 Å². The van der Waals surface area contributed by atoms with Gasteiger partial charge in [-0.3, -0.25) is 0 Å². The third-order valence-corrected chi connectivity index (χ3v) is 5.37. The van der Waals surface area contributed by atoms with Gasteiger partial charge in [-0.1, -0.05) is 42.5 Å². The molecule has 1 spiro atoms. The number of hydrogen-bond acceptors (Lipinski definition) is 4. The van der Waals surface area contributed by atoms with Gasteiger partial charge in [0.2, 0.25) is 0 Å². The van der Waals surface area contributed by atoms with Crippen LogP contribution in [0.1, 0.15) is 38.2 Å². The maximum atomic E-state index is 12.3. The van der Waals surface area contributed by atoms with E-state index >= 15 is 0 Å². The number of piperidine rings is 1. The van der Waals surface area contributed by atoms with Crippen molar-refractivity contribution in [2.75, 3.05) is 19.7 Å². The van der Waals surface area contributed by atoms with Gasteiger partial charge in [0.15, 0.2) is 0 Å². The first-order valence-electron chi connectivity index (χ1n) is 9.62. The van der Waals surface area contributed by atoms with Crippen molar-refractivity contribution in [2.45, 2.75) is 39.2 Å². The molecule has 1 aliphatic carbocycles. The van der Waals surface area contributed by atoms with Crippen LogP contribution in [0.5, 0.6) is 0 Å². The summed E-state index contributed by atoms with van der Waals surface area (Å²) in [5.41, 5.74) is 2.14. The minimum absolute atomic E-state index is 0.127. The van der Waals surface area contributed by atoms with Gasteiger partial charge in [0.25, 0.3) is 0 Å². The molecule has 0 saturated carbocycles. The Morgan fingerprint density at radius 1 is 1.11 bits per heavy atom. The number of hydrogen-bond donors (Lipinski definition) is 0. The van der Waals surface area contributed by atoms with Gasteiger partial charge in [0, 0.05) is 19.2 Å². The van der Waals surface area contributed by atoms with Crippen LogP contribution < -0.4 is 0 Å². The van der Waals surface area contributed by atoms with Crippen molar-refractivity contribution in [3.05, 3.63) is 59.7 Å². The Morgan fingerprint density at radius 2 is 1.85 bits per heavy atom. The van der Waals surface area contributed by atoms with Crippen molar-refractivity contribution in [3.63, 3.8) is 0 Å². The van der Waals surface area contributed by atoms with Crippen molar-refractivity contribution in [2.24, 2.45) is 5.41 Å². The molecule has 1 heterocycles. The summed E-state index contributed by atoms with van der Waals surface area (Å²) in [6.07, 6.45) is 9.33. The zero-order valence-corrected chi connectivity index (χ0v) is 15.9. The van der Waals surface area contributed by atoms with Gasteiger partial charge in [-0.05, 0) is 49.2 Å². The van der Waals surface area contributed by atoms with E-state index in [0.717, 1.165) is 36.8 Å². The van der Waals surface area contributed by atoms with Gasteiger partial charge in [-0.15, -0.1) is 0 Å². The largest absolute Gasteiger partial charge is 0.463 e. The lowest BCUT2D eigenvalue weighted by molar-refractivity contribution is -0.137. The van der Waals surface area contributed by atoms with Crippen LogP contribution in [-0.2, 0) is 20.9 Å². The zero-order valence-electron chi connectivity index (χ0n) is 15.9. The number of benzene rings is 1. The Balaban J connectivity index is 1.48. The minimum Gasteiger partial charge on any atom is -0.463 e. The van der Waals surface area contributed by atoms with Crippen LogP contribution in [0.2, 0.25) is 0 Å². The molecule has 0 bridgehead atoms. The molecule has 1 aromatic carbocycles. The molecule has 5 nitrogen and oxygen atoms in total. The first-order chi connectivity index (χ1) is 13.1. The molecule has 144 valence electrons. The number of carbonyl (C=O) groups excluding carboxylic acids is 2. The molecule has 1 aliphatic heterocycles. The second-order valence-electron chi connectivity index (χ2n) is 7.19. The molecule has 1 aromatic rings. The minimum atomic E-state index is -0.274. The Labute approximate surface area is 160 Å². The Morgan fingerprint density at radius 3 is 2.48 bits per heavy atom. The Kier molecular flexibility index (Phi) is 6.32. The lowest BCUT2D eigenvalue weighted by Gasteiger charge is -2.41. The lowest BCUT2D eigenvalue weighted by atomic mass is 9.71. The summed E-state index contributed by atoms with van der Waals surface area (Å²) >= 11 is 0. The van der Waals surface area contributed by atoms with Gasteiger partial charge < -0.3 is 14.4 Å². The van der Waals surface area contributed by atoms with Crippen LogP contribution in [0.25, 0.3) is 0 Å². The molecule has 27 heavy (non-hydrogen) atoms. The number of esters is 1. The zero-order chi connectivity index (χ0) is 19.1. The van der Waals surface area contributed by atoms with Gasteiger partial charge in [0.1, 0.15) is 6.61 Å². The molecule has 3 rings (SSSR count). The van der Waals surface area contributed by atoms with E-state index in [0.29, 0.717) is 26.3 Å². The van der Waals surface area contributed by atoms with E-state index in [1.165, 1.54) is 0 Å². The van der Waals surface area contributed by atoms with Gasteiger partial charge in [-0.2, -0.15) is 0 Å². The van der Waals surface area contributed by atoms with Crippen molar-refractivity contribution in [3.8, 4) is 0 Å². The summed E-state index contributed by atoms with van der Waals surface area (Å²) in [6.45, 7) is 3.92. The van der Waals surface area contributed by atoms with E-state index in [9.17, 15) is 9.59 Å². The smallest absolute Gasteiger partial charge is 0.410 e. The highest BCUT2D eigenvalue weighted by molar-refractivity contribution is 5.83. The second-order valence-corrected chi connectivity index (χ2v) is 7.19. The number of allylic oxidation sites excluding steroid dienone is 3. The van der Waals surface area contributed by atoms with Crippen LogP contribution in [-0.4, -0.2) is 36.7 Å². The van der Waals surface area contributed by atoms with Crippen LogP contribution >= 0.6 is 0 Å². The van der Waals surface area contributed by atoms with Crippen molar-refractivity contribution >= 4 is 12.1 Å². The Hall–Kier alpha value is -2.56. The molecule has 0 N–H and O–H groups in total. The van der Waals surface area contributed by atoms with E-state index in [1.807, 2.05) is 36.4 Å². The molecule has 0 atom stereocenters. The highest BCUT2D eigenvalue weighted by Crippen LogP contribution is 2.42. The monoisotopic (exact) mass is 369 g/mol. The SMILES string of the molecule is CCOC(=O)C=C1C=CC2(CC1)CCN(C(=O)OCc1ccccc1)CC2. The van der Waals surface area contributed by atoms with E-state index in [-0.39, 0.29) is 17.5 Å². The lowest BCUT2D eigenvalue weighted by Crippen LogP contribution is -2.43. The number of amides is 1. The van der Waals surface area contributed by atoms with Crippen LogP contribution in [0, 0.1) is 5.41 Å². The molecule has 5 heteroatoms. The molecule has 2 aliphatic rings. The molecule has 1 saturated heterocycles. The third kappa shape index (κ3) is 5.22. The quantitative estimate of drug-likeness (QED) is 0.588. The normalized spacial score (nSPS) is 19.9. The van der Waals surface area contributed by atoms with Gasteiger partial charge in [-0.25, -0.2) is 9.59 Å². The fourth-order valence-corrected chi connectivity index (χ4v) is 3.66. The van der Waals surface area contributed by atoms with Crippen molar-refractivity contribution < 1.29 is 19.1 Å². The fourth-order valence-electron chi connectivity index (χ4n) is 3.66. The number of ether oxygens (including phenoxy) is 2. The van der Waals surface area contributed by atoms with E-state index < -0.39 is 0 Å². The molecule has 0 radical (unpaired) electrons. The van der Waals surface area contributed by atoms with Gasteiger partial charge in [0.05, 0.1) is 6.61 Å². The molecule has 1 amide bonds. The summed E-state index contributed by atoms with van der Waals surface area (Å²) < 4.78 is 10.4. The second kappa shape index (κ2) is 8.89. The summed E-state index contributed by atoms with van der Waals surface area (Å²) in [5, 5.41) is 0. The molecule has 0 aromatic heterocycles. The highest BCUT2D eigenvalue weighted by atomic mass is 16.6. The first kappa shape index (κ1) is 19.2. The molecule has 0 unspecified atom stereocenters. The number of rotatable bonds is 4. The maximum absolute atomic E-state index is 12.3. The van der Waals surface area contributed by atoms with E-state index in [1.54, 1.807) is 17.9 Å². The highest BCUT2D eigenvalue weighted by Gasteiger charge is 2.35.